The van der Waals surface area contributed by atoms with Gasteiger partial charge in [0.2, 0.25) is 11.8 Å². The summed E-state index contributed by atoms with van der Waals surface area (Å²) in [4.78, 5) is 24.4. The minimum absolute atomic E-state index is 0.132. The van der Waals surface area contributed by atoms with Gasteiger partial charge >= 0.3 is 0 Å². The summed E-state index contributed by atoms with van der Waals surface area (Å²) in [6, 6.07) is 0. The van der Waals surface area contributed by atoms with Gasteiger partial charge in [-0.1, -0.05) is 0 Å². The van der Waals surface area contributed by atoms with E-state index >= 15 is 0 Å². The highest BCUT2D eigenvalue weighted by molar-refractivity contribution is 5.80. The molecule has 1 aromatic heterocycles. The minimum Gasteiger partial charge on any atom is -0.444 e. The molecule has 1 aromatic rings. The fraction of sp³-hybridized carbons (Fsp3) is 0.667. The quantitative estimate of drug-likeness (QED) is 0.664. The van der Waals surface area contributed by atoms with Gasteiger partial charge in [0.15, 0.2) is 5.96 Å². The fourth-order valence-corrected chi connectivity index (χ4v) is 2.41. The van der Waals surface area contributed by atoms with Gasteiger partial charge in [0.1, 0.15) is 12.3 Å². The Labute approximate surface area is 131 Å². The van der Waals surface area contributed by atoms with E-state index in [1.807, 2.05) is 25.7 Å². The molecule has 1 saturated heterocycles. The zero-order valence-electron chi connectivity index (χ0n) is 13.8. The Kier molecular flexibility index (Phi) is 5.41. The molecule has 7 heteroatoms. The molecule has 122 valence electrons. The van der Waals surface area contributed by atoms with Crippen molar-refractivity contribution in [3.8, 4) is 0 Å². The van der Waals surface area contributed by atoms with Gasteiger partial charge in [0, 0.05) is 39.6 Å². The van der Waals surface area contributed by atoms with Crippen molar-refractivity contribution in [2.45, 2.75) is 34.2 Å². The molecule has 0 radical (unpaired) electrons. The molecule has 0 aromatic carbocycles. The number of aliphatic imine (C=N–C) groups is 1. The van der Waals surface area contributed by atoms with Crippen molar-refractivity contribution in [3.63, 3.8) is 0 Å². The number of guanidine groups is 1. The van der Waals surface area contributed by atoms with E-state index in [9.17, 15) is 4.79 Å². The van der Waals surface area contributed by atoms with Crippen molar-refractivity contribution in [3.05, 3.63) is 17.3 Å². The van der Waals surface area contributed by atoms with Crippen molar-refractivity contribution in [2.24, 2.45) is 4.99 Å². The minimum atomic E-state index is 0.132. The van der Waals surface area contributed by atoms with Gasteiger partial charge < -0.3 is 19.5 Å². The topological polar surface area (TPSA) is 74.0 Å². The molecule has 1 amide bonds. The molecule has 0 aliphatic carbocycles. The van der Waals surface area contributed by atoms with Crippen molar-refractivity contribution >= 4 is 11.9 Å². The van der Waals surface area contributed by atoms with Crippen LogP contribution in [-0.2, 0) is 11.3 Å². The predicted octanol–water partition coefficient (Wildman–Crippen LogP) is 0.921. The summed E-state index contributed by atoms with van der Waals surface area (Å²) < 4.78 is 5.56. The van der Waals surface area contributed by atoms with Crippen molar-refractivity contribution in [1.29, 1.82) is 0 Å². The largest absolute Gasteiger partial charge is 0.444 e. The van der Waals surface area contributed by atoms with Gasteiger partial charge in [0.05, 0.1) is 5.69 Å². The lowest BCUT2D eigenvalue weighted by atomic mass is 10.3. The fourth-order valence-electron chi connectivity index (χ4n) is 2.41. The number of carbonyl (C=O) groups excluding carboxylic acids is 1. The van der Waals surface area contributed by atoms with Crippen LogP contribution in [-0.4, -0.2) is 59.4 Å². The summed E-state index contributed by atoms with van der Waals surface area (Å²) in [5.41, 5.74) is 0.908. The Morgan fingerprint density at radius 2 is 1.91 bits per heavy atom. The SMILES string of the molecule is CCNC(=NCc1nc(C)c(C)o1)N1CCN(C(C)=O)CC1. The van der Waals surface area contributed by atoms with Gasteiger partial charge in [-0.15, -0.1) is 0 Å². The molecule has 7 nitrogen and oxygen atoms in total. The third kappa shape index (κ3) is 3.99. The third-order valence-electron chi connectivity index (χ3n) is 3.80. The van der Waals surface area contributed by atoms with Gasteiger partial charge in [-0.25, -0.2) is 9.98 Å². The van der Waals surface area contributed by atoms with E-state index in [2.05, 4.69) is 20.2 Å². The van der Waals surface area contributed by atoms with Crippen LogP contribution in [0, 0.1) is 13.8 Å². The molecule has 2 rings (SSSR count). The average Bonchev–Trinajstić information content (AvgIpc) is 2.82. The van der Waals surface area contributed by atoms with Crippen molar-refractivity contribution in [2.75, 3.05) is 32.7 Å². The third-order valence-corrected chi connectivity index (χ3v) is 3.80. The number of aryl methyl sites for hydroxylation is 2. The molecule has 1 aliphatic heterocycles. The lowest BCUT2D eigenvalue weighted by Gasteiger charge is -2.36. The first-order chi connectivity index (χ1) is 10.5. The Hall–Kier alpha value is -2.05. The molecule has 2 heterocycles. The number of hydrogen-bond acceptors (Lipinski definition) is 4. The molecule has 0 atom stereocenters. The normalized spacial score (nSPS) is 16.1. The number of rotatable bonds is 3. The molecule has 0 saturated carbocycles. The van der Waals surface area contributed by atoms with Gasteiger partial charge in [-0.05, 0) is 20.8 Å². The maximum Gasteiger partial charge on any atom is 0.219 e. The van der Waals surface area contributed by atoms with E-state index < -0.39 is 0 Å². The number of amides is 1. The molecule has 0 unspecified atom stereocenters. The zero-order valence-corrected chi connectivity index (χ0v) is 13.8. The smallest absolute Gasteiger partial charge is 0.219 e. The van der Waals surface area contributed by atoms with Crippen LogP contribution in [0.25, 0.3) is 0 Å². The molecular formula is C15H25N5O2. The number of oxazole rings is 1. The zero-order chi connectivity index (χ0) is 16.1. The second-order valence-electron chi connectivity index (χ2n) is 5.41. The van der Waals surface area contributed by atoms with Crippen LogP contribution in [0.4, 0.5) is 0 Å². The lowest BCUT2D eigenvalue weighted by molar-refractivity contribution is -0.130. The summed E-state index contributed by atoms with van der Waals surface area (Å²) in [5, 5.41) is 3.29. The van der Waals surface area contributed by atoms with E-state index in [0.717, 1.165) is 50.1 Å². The number of nitrogens with one attached hydrogen (secondary N) is 1. The first kappa shape index (κ1) is 16.3. The highest BCUT2D eigenvalue weighted by Gasteiger charge is 2.21. The maximum atomic E-state index is 11.4. The number of nitrogens with zero attached hydrogens (tertiary/aromatic N) is 4. The summed E-state index contributed by atoms with van der Waals surface area (Å²) in [5.74, 6) is 2.45. The standard InChI is InChI=1S/C15H25N5O2/c1-5-16-15(17-10-14-18-11(2)12(3)22-14)20-8-6-19(7-9-20)13(4)21/h5-10H2,1-4H3,(H,16,17). The van der Waals surface area contributed by atoms with E-state index in [0.29, 0.717) is 12.4 Å². The summed E-state index contributed by atoms with van der Waals surface area (Å²) >= 11 is 0. The summed E-state index contributed by atoms with van der Waals surface area (Å²) in [7, 11) is 0. The van der Waals surface area contributed by atoms with Crippen LogP contribution in [0.15, 0.2) is 9.41 Å². The van der Waals surface area contributed by atoms with Crippen LogP contribution < -0.4 is 5.32 Å². The highest BCUT2D eigenvalue weighted by Crippen LogP contribution is 2.10. The molecule has 0 bridgehead atoms. The van der Waals surface area contributed by atoms with Crippen LogP contribution in [0.2, 0.25) is 0 Å². The Morgan fingerprint density at radius 1 is 1.27 bits per heavy atom. The number of carbonyl (C=O) groups is 1. The van der Waals surface area contributed by atoms with Crippen LogP contribution in [0.1, 0.15) is 31.2 Å². The van der Waals surface area contributed by atoms with Gasteiger partial charge in [0.25, 0.3) is 0 Å². The van der Waals surface area contributed by atoms with E-state index in [1.165, 1.54) is 0 Å². The first-order valence-corrected chi connectivity index (χ1v) is 7.73. The van der Waals surface area contributed by atoms with E-state index in [-0.39, 0.29) is 5.91 Å². The highest BCUT2D eigenvalue weighted by atomic mass is 16.4. The lowest BCUT2D eigenvalue weighted by Crippen LogP contribution is -2.53. The van der Waals surface area contributed by atoms with E-state index in [1.54, 1.807) is 6.92 Å². The molecular weight excluding hydrogens is 282 g/mol. The molecule has 22 heavy (non-hydrogen) atoms. The van der Waals surface area contributed by atoms with Crippen molar-refractivity contribution in [1.82, 2.24) is 20.1 Å². The number of hydrogen-bond donors (Lipinski definition) is 1. The summed E-state index contributed by atoms with van der Waals surface area (Å²) in [6.07, 6.45) is 0. The number of aromatic nitrogens is 1. The summed E-state index contributed by atoms with van der Waals surface area (Å²) in [6.45, 7) is 11.8. The van der Waals surface area contributed by atoms with Gasteiger partial charge in [-0.2, -0.15) is 0 Å². The second-order valence-corrected chi connectivity index (χ2v) is 5.41. The van der Waals surface area contributed by atoms with Crippen LogP contribution >= 0.6 is 0 Å². The molecule has 1 N–H and O–H groups in total. The maximum absolute atomic E-state index is 11.4. The molecule has 1 fully saturated rings. The Morgan fingerprint density at radius 3 is 2.41 bits per heavy atom. The first-order valence-electron chi connectivity index (χ1n) is 7.73. The van der Waals surface area contributed by atoms with E-state index in [4.69, 9.17) is 4.42 Å². The van der Waals surface area contributed by atoms with Crippen LogP contribution in [0.3, 0.4) is 0 Å². The monoisotopic (exact) mass is 307 g/mol. The van der Waals surface area contributed by atoms with Gasteiger partial charge in [-0.3, -0.25) is 4.79 Å². The van der Waals surface area contributed by atoms with Crippen molar-refractivity contribution < 1.29 is 9.21 Å². The number of piperazine rings is 1. The second kappa shape index (κ2) is 7.29. The van der Waals surface area contributed by atoms with Crippen LogP contribution in [0.5, 0.6) is 0 Å². The Bertz CT molecular complexity index is 525. The average molecular weight is 307 g/mol. The molecule has 1 aliphatic rings. The molecule has 0 spiro atoms. The Balaban J connectivity index is 2.00. The predicted molar refractivity (Wildman–Crippen MR) is 84.6 cm³/mol.